The van der Waals surface area contributed by atoms with Crippen LogP contribution in [0.5, 0.6) is 11.5 Å². The molecular weight excluding hydrogens is 376 g/mol. The number of rotatable bonds is 3. The van der Waals surface area contributed by atoms with Crippen LogP contribution >= 0.6 is 0 Å². The number of allylic oxidation sites excluding steroid dienone is 3. The van der Waals surface area contributed by atoms with Gasteiger partial charge in [-0.3, -0.25) is 19.2 Å². The molecule has 0 bridgehead atoms. The third kappa shape index (κ3) is 2.51. The Labute approximate surface area is 164 Å². The summed E-state index contributed by atoms with van der Waals surface area (Å²) in [5.74, 6) is -3.50. The third-order valence-corrected chi connectivity index (χ3v) is 4.93. The maximum Gasteiger partial charge on any atom is 0.238 e. The van der Waals surface area contributed by atoms with Crippen LogP contribution in [0.15, 0.2) is 53.6 Å². The van der Waals surface area contributed by atoms with E-state index < -0.39 is 34.5 Å². The standard InChI is InChI=1S/C22H14O7/c1-28-14-7-3-5-10-13(23)9-12(19(24)16(10)14)18-21(26)17-11(20(25)22(18)27)6-4-8-15(17)29-2/h3-9,26H,1-2H3. The zero-order valence-electron chi connectivity index (χ0n) is 15.4. The predicted octanol–water partition coefficient (Wildman–Crippen LogP) is 2.74. The van der Waals surface area contributed by atoms with Crippen LogP contribution in [0.2, 0.25) is 0 Å². The van der Waals surface area contributed by atoms with Crippen molar-refractivity contribution in [3.8, 4) is 11.5 Å². The number of hydrogen-bond donors (Lipinski definition) is 1. The van der Waals surface area contributed by atoms with Crippen LogP contribution in [-0.4, -0.2) is 42.5 Å². The average molecular weight is 390 g/mol. The normalized spacial score (nSPS) is 15.7. The van der Waals surface area contributed by atoms with E-state index in [0.29, 0.717) is 0 Å². The Hall–Kier alpha value is -4.00. The fourth-order valence-corrected chi connectivity index (χ4v) is 3.59. The van der Waals surface area contributed by atoms with Crippen LogP contribution in [0.3, 0.4) is 0 Å². The second-order valence-corrected chi connectivity index (χ2v) is 6.40. The Kier molecular flexibility index (Phi) is 4.15. The van der Waals surface area contributed by atoms with Crippen LogP contribution in [-0.2, 0) is 4.79 Å². The Bertz CT molecular complexity index is 1200. The summed E-state index contributed by atoms with van der Waals surface area (Å²) in [6.45, 7) is 0. The number of Topliss-reactive ketones (excluding diaryl/α,β-unsaturated/α-hetero) is 3. The Balaban J connectivity index is 1.99. The van der Waals surface area contributed by atoms with Gasteiger partial charge in [-0.1, -0.05) is 18.2 Å². The monoisotopic (exact) mass is 390 g/mol. The summed E-state index contributed by atoms with van der Waals surface area (Å²) in [7, 11) is 2.69. The summed E-state index contributed by atoms with van der Waals surface area (Å²) in [6, 6.07) is 8.94. The van der Waals surface area contributed by atoms with Gasteiger partial charge in [-0.25, -0.2) is 0 Å². The summed E-state index contributed by atoms with van der Waals surface area (Å²) in [6.07, 6.45) is 0.960. The molecule has 0 aliphatic heterocycles. The molecule has 2 aromatic rings. The molecule has 0 amide bonds. The van der Waals surface area contributed by atoms with Crippen LogP contribution < -0.4 is 9.47 Å². The highest BCUT2D eigenvalue weighted by Crippen LogP contribution is 2.40. The van der Waals surface area contributed by atoms with Crippen molar-refractivity contribution in [1.82, 2.24) is 0 Å². The van der Waals surface area contributed by atoms with Crippen molar-refractivity contribution < 1.29 is 33.8 Å². The molecule has 7 nitrogen and oxygen atoms in total. The van der Waals surface area contributed by atoms with Crippen molar-refractivity contribution in [2.75, 3.05) is 14.2 Å². The van der Waals surface area contributed by atoms with E-state index in [4.69, 9.17) is 9.47 Å². The lowest BCUT2D eigenvalue weighted by molar-refractivity contribution is -0.111. The van der Waals surface area contributed by atoms with E-state index in [1.807, 2.05) is 0 Å². The lowest BCUT2D eigenvalue weighted by Crippen LogP contribution is -2.29. The van der Waals surface area contributed by atoms with Gasteiger partial charge >= 0.3 is 0 Å². The Morgan fingerprint density at radius 3 is 1.93 bits per heavy atom. The molecule has 29 heavy (non-hydrogen) atoms. The minimum atomic E-state index is -1.07. The fraction of sp³-hybridized carbons (Fsp3) is 0.0909. The third-order valence-electron chi connectivity index (χ3n) is 4.93. The van der Waals surface area contributed by atoms with E-state index in [0.717, 1.165) is 6.08 Å². The molecule has 0 aromatic heterocycles. The van der Waals surface area contributed by atoms with E-state index in [1.165, 1.54) is 44.6 Å². The van der Waals surface area contributed by atoms with Gasteiger partial charge in [-0.2, -0.15) is 0 Å². The van der Waals surface area contributed by atoms with E-state index in [2.05, 4.69) is 0 Å². The molecule has 0 saturated heterocycles. The van der Waals surface area contributed by atoms with Crippen molar-refractivity contribution in [2.45, 2.75) is 0 Å². The van der Waals surface area contributed by atoms with Crippen molar-refractivity contribution in [1.29, 1.82) is 0 Å². The van der Waals surface area contributed by atoms with E-state index >= 15 is 0 Å². The summed E-state index contributed by atoms with van der Waals surface area (Å²) < 4.78 is 10.4. The highest BCUT2D eigenvalue weighted by Gasteiger charge is 2.41. The van der Waals surface area contributed by atoms with Gasteiger partial charge in [0.05, 0.1) is 30.9 Å². The van der Waals surface area contributed by atoms with Crippen LogP contribution in [0, 0.1) is 0 Å². The molecule has 2 aliphatic rings. The van der Waals surface area contributed by atoms with Crippen molar-refractivity contribution >= 4 is 28.9 Å². The minimum absolute atomic E-state index is 0.00146. The van der Waals surface area contributed by atoms with Gasteiger partial charge in [0.2, 0.25) is 11.6 Å². The number of carbonyl (C=O) groups excluding carboxylic acids is 4. The Morgan fingerprint density at radius 1 is 0.724 bits per heavy atom. The first-order chi connectivity index (χ1) is 13.9. The molecule has 0 heterocycles. The molecule has 0 atom stereocenters. The number of ether oxygens (including phenoxy) is 2. The number of methoxy groups -OCH3 is 2. The number of aliphatic hydroxyl groups is 1. The van der Waals surface area contributed by atoms with Gasteiger partial charge in [0.15, 0.2) is 11.6 Å². The first kappa shape index (κ1) is 18.4. The molecule has 7 heteroatoms. The van der Waals surface area contributed by atoms with Crippen LogP contribution in [0.1, 0.15) is 36.6 Å². The maximum absolute atomic E-state index is 13.2. The van der Waals surface area contributed by atoms with Gasteiger partial charge in [0.25, 0.3) is 0 Å². The fourth-order valence-electron chi connectivity index (χ4n) is 3.59. The minimum Gasteiger partial charge on any atom is -0.506 e. The molecule has 0 saturated carbocycles. The molecule has 2 aliphatic carbocycles. The highest BCUT2D eigenvalue weighted by atomic mass is 16.5. The molecule has 4 rings (SSSR count). The van der Waals surface area contributed by atoms with Gasteiger partial charge in [0, 0.05) is 16.7 Å². The van der Waals surface area contributed by atoms with Gasteiger partial charge in [-0.15, -0.1) is 0 Å². The second kappa shape index (κ2) is 6.56. The highest BCUT2D eigenvalue weighted by molar-refractivity contribution is 6.55. The molecule has 1 N–H and O–H groups in total. The van der Waals surface area contributed by atoms with E-state index in [-0.39, 0.29) is 39.3 Å². The Morgan fingerprint density at radius 2 is 1.31 bits per heavy atom. The van der Waals surface area contributed by atoms with Crippen molar-refractivity contribution in [3.63, 3.8) is 0 Å². The number of benzene rings is 2. The lowest BCUT2D eigenvalue weighted by Gasteiger charge is -2.23. The summed E-state index contributed by atoms with van der Waals surface area (Å²) in [5, 5.41) is 10.8. The van der Waals surface area contributed by atoms with Crippen LogP contribution in [0.25, 0.3) is 5.76 Å². The summed E-state index contributed by atoms with van der Waals surface area (Å²) in [4.78, 5) is 51.2. The number of carbonyl (C=O) groups is 4. The largest absolute Gasteiger partial charge is 0.506 e. The first-order valence-electron chi connectivity index (χ1n) is 8.58. The quantitative estimate of drug-likeness (QED) is 0.803. The number of ketones is 4. The molecule has 0 fully saturated rings. The smallest absolute Gasteiger partial charge is 0.238 e. The number of fused-ring (bicyclic) bond motifs is 2. The van der Waals surface area contributed by atoms with Crippen LogP contribution in [0.4, 0.5) is 0 Å². The second-order valence-electron chi connectivity index (χ2n) is 6.40. The predicted molar refractivity (Wildman–Crippen MR) is 102 cm³/mol. The van der Waals surface area contributed by atoms with Gasteiger partial charge in [0.1, 0.15) is 17.3 Å². The summed E-state index contributed by atoms with van der Waals surface area (Å²) in [5.41, 5.74) is -0.832. The topological polar surface area (TPSA) is 107 Å². The maximum atomic E-state index is 13.2. The van der Waals surface area contributed by atoms with Gasteiger partial charge in [-0.05, 0) is 24.3 Å². The number of aliphatic hydroxyl groups excluding tert-OH is 1. The SMILES string of the molecule is COc1cccc2c1C(=O)C(C1=C(O)c3c(OC)cccc3C(=O)C1=O)=CC2=O. The molecular formula is C22H14O7. The molecule has 0 unspecified atom stereocenters. The lowest BCUT2D eigenvalue weighted by atomic mass is 9.79. The van der Waals surface area contributed by atoms with Crippen molar-refractivity contribution in [3.05, 3.63) is 75.9 Å². The average Bonchev–Trinajstić information content (AvgIpc) is 2.74. The summed E-state index contributed by atoms with van der Waals surface area (Å²) >= 11 is 0. The molecule has 0 spiro atoms. The number of hydrogen-bond acceptors (Lipinski definition) is 7. The zero-order chi connectivity index (χ0) is 20.9. The van der Waals surface area contributed by atoms with E-state index in [1.54, 1.807) is 6.07 Å². The van der Waals surface area contributed by atoms with E-state index in [9.17, 15) is 24.3 Å². The van der Waals surface area contributed by atoms with Crippen molar-refractivity contribution in [2.24, 2.45) is 0 Å². The zero-order valence-corrected chi connectivity index (χ0v) is 15.4. The molecule has 0 radical (unpaired) electrons. The molecule has 144 valence electrons. The first-order valence-corrected chi connectivity index (χ1v) is 8.58. The van der Waals surface area contributed by atoms with Gasteiger partial charge < -0.3 is 14.6 Å². The molecule has 2 aromatic carbocycles.